The quantitative estimate of drug-likeness (QED) is 0.400. The predicted molar refractivity (Wildman–Crippen MR) is 136 cm³/mol. The molecule has 0 heteroatoms. The van der Waals surface area contributed by atoms with Crippen molar-refractivity contribution >= 4 is 0 Å². The van der Waals surface area contributed by atoms with Gasteiger partial charge < -0.3 is 0 Å². The van der Waals surface area contributed by atoms with Gasteiger partial charge in [-0.1, -0.05) is 108 Å². The molecule has 0 nitrogen and oxygen atoms in total. The highest BCUT2D eigenvalue weighted by Crippen LogP contribution is 2.30. The van der Waals surface area contributed by atoms with Gasteiger partial charge in [0.1, 0.15) is 0 Å². The fourth-order valence-electron chi connectivity index (χ4n) is 3.65. The molecule has 0 bridgehead atoms. The Morgan fingerprint density at radius 1 is 0.600 bits per heavy atom. The zero-order valence-corrected chi connectivity index (χ0v) is 20.8. The first kappa shape index (κ1) is 25.7. The summed E-state index contributed by atoms with van der Waals surface area (Å²) in [5, 5.41) is 0. The van der Waals surface area contributed by atoms with Crippen LogP contribution in [0.4, 0.5) is 0 Å². The number of rotatable bonds is 5. The van der Waals surface area contributed by atoms with Crippen molar-refractivity contribution in [3.05, 3.63) is 106 Å². The molecule has 0 spiro atoms. The van der Waals surface area contributed by atoms with Gasteiger partial charge >= 0.3 is 0 Å². The van der Waals surface area contributed by atoms with E-state index in [4.69, 9.17) is 0 Å². The van der Waals surface area contributed by atoms with E-state index in [1.54, 1.807) is 0 Å². The second-order valence-corrected chi connectivity index (χ2v) is 8.27. The SMILES string of the molecule is CC.CC.Cc1cc(C(C)(C)Cc2ccc(Cc3ccccc3)cc2)cc(C)c1C. The highest BCUT2D eigenvalue weighted by atomic mass is 14.3. The number of aryl methyl sites for hydroxylation is 2. The van der Waals surface area contributed by atoms with Gasteiger partial charge in [-0.05, 0) is 78.0 Å². The second kappa shape index (κ2) is 12.4. The highest BCUT2D eigenvalue weighted by Gasteiger charge is 2.22. The molecule has 0 aromatic heterocycles. The first-order chi connectivity index (χ1) is 14.3. The van der Waals surface area contributed by atoms with Gasteiger partial charge in [0.25, 0.3) is 0 Å². The summed E-state index contributed by atoms with van der Waals surface area (Å²) in [6.07, 6.45) is 2.06. The van der Waals surface area contributed by atoms with Crippen LogP contribution in [0.15, 0.2) is 66.7 Å². The molecule has 3 rings (SSSR count). The lowest BCUT2D eigenvalue weighted by molar-refractivity contribution is 0.521. The van der Waals surface area contributed by atoms with Gasteiger partial charge in [0, 0.05) is 0 Å². The van der Waals surface area contributed by atoms with Crippen LogP contribution >= 0.6 is 0 Å². The van der Waals surface area contributed by atoms with Crippen LogP contribution in [-0.4, -0.2) is 0 Å². The molecule has 3 aromatic carbocycles. The fourth-order valence-corrected chi connectivity index (χ4v) is 3.65. The van der Waals surface area contributed by atoms with E-state index >= 15 is 0 Å². The van der Waals surface area contributed by atoms with E-state index in [0.29, 0.717) is 0 Å². The molecular weight excluding hydrogens is 360 g/mol. The third kappa shape index (κ3) is 7.17. The molecule has 162 valence electrons. The molecule has 0 saturated heterocycles. The van der Waals surface area contributed by atoms with Crippen molar-refractivity contribution in [1.29, 1.82) is 0 Å². The molecule has 0 aliphatic carbocycles. The summed E-state index contributed by atoms with van der Waals surface area (Å²) >= 11 is 0. The lowest BCUT2D eigenvalue weighted by Gasteiger charge is -2.27. The van der Waals surface area contributed by atoms with Gasteiger partial charge in [-0.15, -0.1) is 0 Å². The molecule has 0 saturated carbocycles. The normalized spacial score (nSPS) is 10.4. The van der Waals surface area contributed by atoms with Gasteiger partial charge in [-0.25, -0.2) is 0 Å². The average Bonchev–Trinajstić information content (AvgIpc) is 2.76. The van der Waals surface area contributed by atoms with Crippen LogP contribution in [-0.2, 0) is 18.3 Å². The predicted octanol–water partition coefficient (Wildman–Crippen LogP) is 8.78. The first-order valence-electron chi connectivity index (χ1n) is 11.6. The Kier molecular flexibility index (Phi) is 10.6. The van der Waals surface area contributed by atoms with Crippen LogP contribution in [0.3, 0.4) is 0 Å². The second-order valence-electron chi connectivity index (χ2n) is 8.27. The van der Waals surface area contributed by atoms with E-state index in [1.807, 2.05) is 27.7 Å². The lowest BCUT2D eigenvalue weighted by atomic mass is 9.77. The van der Waals surface area contributed by atoms with Crippen molar-refractivity contribution in [3.63, 3.8) is 0 Å². The molecule has 0 unspecified atom stereocenters. The van der Waals surface area contributed by atoms with Crippen LogP contribution < -0.4 is 0 Å². The lowest BCUT2D eigenvalue weighted by Crippen LogP contribution is -2.21. The number of benzene rings is 3. The average molecular weight is 403 g/mol. The molecule has 0 atom stereocenters. The van der Waals surface area contributed by atoms with E-state index in [0.717, 1.165) is 12.8 Å². The van der Waals surface area contributed by atoms with Crippen molar-refractivity contribution < 1.29 is 0 Å². The van der Waals surface area contributed by atoms with Crippen LogP contribution in [0, 0.1) is 20.8 Å². The third-order valence-corrected chi connectivity index (χ3v) is 5.63. The van der Waals surface area contributed by atoms with Crippen LogP contribution in [0.2, 0.25) is 0 Å². The minimum atomic E-state index is 0.129. The van der Waals surface area contributed by atoms with E-state index in [-0.39, 0.29) is 5.41 Å². The van der Waals surface area contributed by atoms with Gasteiger partial charge in [0.15, 0.2) is 0 Å². The Labute approximate surface area is 186 Å². The summed E-state index contributed by atoms with van der Waals surface area (Å²) in [6.45, 7) is 19.4. The Morgan fingerprint density at radius 2 is 1.03 bits per heavy atom. The molecule has 0 aliphatic heterocycles. The van der Waals surface area contributed by atoms with Crippen LogP contribution in [0.25, 0.3) is 0 Å². The maximum absolute atomic E-state index is 2.37. The molecule has 0 N–H and O–H groups in total. The van der Waals surface area contributed by atoms with Gasteiger partial charge in [0.05, 0.1) is 0 Å². The van der Waals surface area contributed by atoms with Crippen molar-refractivity contribution in [1.82, 2.24) is 0 Å². The minimum absolute atomic E-state index is 0.129. The van der Waals surface area contributed by atoms with Crippen molar-refractivity contribution in [3.8, 4) is 0 Å². The molecule has 0 fully saturated rings. The number of hydrogen-bond donors (Lipinski definition) is 0. The van der Waals surface area contributed by atoms with E-state index in [9.17, 15) is 0 Å². The van der Waals surface area contributed by atoms with Crippen LogP contribution in [0.5, 0.6) is 0 Å². The van der Waals surface area contributed by atoms with Crippen LogP contribution in [0.1, 0.15) is 80.5 Å². The molecule has 0 aliphatic rings. The first-order valence-corrected chi connectivity index (χ1v) is 11.6. The summed E-state index contributed by atoms with van der Waals surface area (Å²) in [5.41, 5.74) is 9.91. The van der Waals surface area contributed by atoms with Crippen molar-refractivity contribution in [2.24, 2.45) is 0 Å². The largest absolute Gasteiger partial charge is 0.0683 e. The molecular formula is C30H42. The maximum Gasteiger partial charge on any atom is -0.00258 e. The maximum atomic E-state index is 2.37. The fraction of sp³-hybridized carbons (Fsp3) is 0.400. The van der Waals surface area contributed by atoms with E-state index in [2.05, 4.69) is 101 Å². The Bertz CT molecular complexity index is 845. The van der Waals surface area contributed by atoms with Gasteiger partial charge in [0.2, 0.25) is 0 Å². The zero-order valence-electron chi connectivity index (χ0n) is 20.8. The number of hydrogen-bond acceptors (Lipinski definition) is 0. The Balaban J connectivity index is 0.00000106. The minimum Gasteiger partial charge on any atom is -0.0683 e. The monoisotopic (exact) mass is 402 g/mol. The smallest absolute Gasteiger partial charge is 0.00258 e. The molecule has 0 amide bonds. The molecule has 0 heterocycles. The third-order valence-electron chi connectivity index (χ3n) is 5.63. The standard InChI is InChI=1S/C26H30.2C2H6/c1-19-15-25(16-20(2)21(19)3)26(4,5)18-24-13-11-23(12-14-24)17-22-9-7-6-8-10-22;2*1-2/h6-16H,17-18H2,1-5H3;2*1-2H3. The van der Waals surface area contributed by atoms with Crippen molar-refractivity contribution in [2.45, 2.75) is 80.6 Å². The molecule has 0 radical (unpaired) electrons. The Morgan fingerprint density at radius 3 is 1.53 bits per heavy atom. The summed E-state index contributed by atoms with van der Waals surface area (Å²) in [4.78, 5) is 0. The molecule has 3 aromatic rings. The summed E-state index contributed by atoms with van der Waals surface area (Å²) in [7, 11) is 0. The van der Waals surface area contributed by atoms with Crippen molar-refractivity contribution in [2.75, 3.05) is 0 Å². The van der Waals surface area contributed by atoms with E-state index in [1.165, 1.54) is 38.9 Å². The molecule has 30 heavy (non-hydrogen) atoms. The summed E-state index contributed by atoms with van der Waals surface area (Å²) < 4.78 is 0. The van der Waals surface area contributed by atoms with Gasteiger partial charge in [-0.3, -0.25) is 0 Å². The summed E-state index contributed by atoms with van der Waals surface area (Å²) in [6, 6.07) is 24.6. The Hall–Kier alpha value is -2.34. The highest BCUT2D eigenvalue weighted by molar-refractivity contribution is 5.41. The van der Waals surface area contributed by atoms with Gasteiger partial charge in [-0.2, -0.15) is 0 Å². The van der Waals surface area contributed by atoms with E-state index < -0.39 is 0 Å². The topological polar surface area (TPSA) is 0 Å². The zero-order chi connectivity index (χ0) is 22.7. The summed E-state index contributed by atoms with van der Waals surface area (Å²) in [5.74, 6) is 0.